The summed E-state index contributed by atoms with van der Waals surface area (Å²) in [6.07, 6.45) is 4.07. The number of hydrogen-bond acceptors (Lipinski definition) is 3. The first-order valence-electron chi connectivity index (χ1n) is 7.15. The zero-order valence-electron chi connectivity index (χ0n) is 13.4. The number of amides is 1. The highest BCUT2D eigenvalue weighted by atomic mass is 127. The Hall–Kier alpha value is -1.84. The molecule has 0 aliphatic rings. The zero-order chi connectivity index (χ0) is 17.3. The predicted molar refractivity (Wildman–Crippen MR) is 94.3 cm³/mol. The molecule has 0 unspecified atom stereocenters. The van der Waals surface area contributed by atoms with Crippen LogP contribution in [-0.4, -0.2) is 31.2 Å². The molecule has 0 bridgehead atoms. The Kier molecular flexibility index (Phi) is 5.12. The molecule has 0 spiro atoms. The molecule has 2 N–H and O–H groups in total. The summed E-state index contributed by atoms with van der Waals surface area (Å²) in [5, 5.41) is 9.30. The number of rotatable bonds is 5. The highest BCUT2D eigenvalue weighted by molar-refractivity contribution is 14.1. The fourth-order valence-electron chi connectivity index (χ4n) is 2.34. The van der Waals surface area contributed by atoms with Gasteiger partial charge in [-0.2, -0.15) is 0 Å². The summed E-state index contributed by atoms with van der Waals surface area (Å²) < 4.78 is 3.73. The van der Waals surface area contributed by atoms with Crippen LogP contribution < -0.4 is 5.43 Å². The molecule has 0 saturated heterocycles. The molecule has 0 aliphatic carbocycles. The van der Waals surface area contributed by atoms with E-state index in [1.165, 1.54) is 4.68 Å². The fourth-order valence-corrected chi connectivity index (χ4v) is 2.88. The van der Waals surface area contributed by atoms with Gasteiger partial charge in [0, 0.05) is 28.7 Å². The average Bonchev–Trinajstić information content (AvgIpc) is 2.91. The molecule has 0 radical (unpaired) electrons. The average molecular weight is 430 g/mol. The highest BCUT2D eigenvalue weighted by Crippen LogP contribution is 2.18. The minimum absolute atomic E-state index is 0.0411. The lowest BCUT2D eigenvalue weighted by atomic mass is 10.1. The smallest absolute Gasteiger partial charge is 0.354 e. The molecule has 0 aromatic carbocycles. The van der Waals surface area contributed by atoms with Gasteiger partial charge in [-0.25, -0.2) is 9.78 Å². The van der Waals surface area contributed by atoms with E-state index >= 15 is 0 Å². The molecule has 2 aromatic heterocycles. The summed E-state index contributed by atoms with van der Waals surface area (Å²) in [5.74, 6) is -0.839. The molecular weight excluding hydrogens is 411 g/mol. The van der Waals surface area contributed by atoms with Crippen LogP contribution in [0.5, 0.6) is 0 Å². The van der Waals surface area contributed by atoms with Gasteiger partial charge in [0.05, 0.1) is 0 Å². The summed E-state index contributed by atoms with van der Waals surface area (Å²) >= 11 is 2.03. The molecule has 8 heteroatoms. The topological polar surface area (TPSA) is 89.2 Å². The number of aromatic carboxylic acids is 1. The van der Waals surface area contributed by atoms with E-state index in [1.807, 2.05) is 22.6 Å². The summed E-state index contributed by atoms with van der Waals surface area (Å²) in [5.41, 5.74) is 4.20. The van der Waals surface area contributed by atoms with Crippen LogP contribution in [0.1, 0.15) is 46.2 Å². The van der Waals surface area contributed by atoms with Crippen LogP contribution in [-0.2, 0) is 13.5 Å². The van der Waals surface area contributed by atoms with Crippen LogP contribution in [0.25, 0.3) is 0 Å². The van der Waals surface area contributed by atoms with Crippen LogP contribution >= 0.6 is 22.6 Å². The van der Waals surface area contributed by atoms with Crippen molar-refractivity contribution in [1.29, 1.82) is 0 Å². The number of imidazole rings is 1. The Bertz CT molecular complexity index is 761. The molecule has 0 atom stereocenters. The molecule has 2 heterocycles. The Morgan fingerprint density at radius 1 is 1.43 bits per heavy atom. The first-order chi connectivity index (χ1) is 10.7. The van der Waals surface area contributed by atoms with Gasteiger partial charge in [-0.3, -0.25) is 14.9 Å². The van der Waals surface area contributed by atoms with Gasteiger partial charge >= 0.3 is 11.9 Å². The minimum atomic E-state index is -1.09. The van der Waals surface area contributed by atoms with Gasteiger partial charge in [0.1, 0.15) is 0 Å². The first kappa shape index (κ1) is 17.5. The maximum absolute atomic E-state index is 12.4. The number of carbonyl (C=O) groups excluding carboxylic acids is 1. The molecular formula is C15H19IN4O3. The minimum Gasteiger partial charge on any atom is -0.477 e. The van der Waals surface area contributed by atoms with Gasteiger partial charge in [0.2, 0.25) is 5.82 Å². The summed E-state index contributed by atoms with van der Waals surface area (Å²) in [7, 11) is 1.78. The summed E-state index contributed by atoms with van der Waals surface area (Å²) in [6, 6.07) is 0. The number of hydrogen-bond donors (Lipinski definition) is 2. The largest absolute Gasteiger partial charge is 0.477 e. The Balaban J connectivity index is 2.29. The second kappa shape index (κ2) is 6.73. The summed E-state index contributed by atoms with van der Waals surface area (Å²) in [6.45, 7) is 5.89. The van der Waals surface area contributed by atoms with Crippen molar-refractivity contribution in [3.8, 4) is 0 Å². The fraction of sp³-hybridized carbons (Fsp3) is 0.400. The maximum atomic E-state index is 12.4. The molecule has 0 saturated carbocycles. The lowest BCUT2D eigenvalue weighted by Gasteiger charge is -2.10. The van der Waals surface area contributed by atoms with Gasteiger partial charge in [-0.1, -0.05) is 13.8 Å². The van der Waals surface area contributed by atoms with Crippen molar-refractivity contribution in [3.63, 3.8) is 0 Å². The van der Waals surface area contributed by atoms with Crippen molar-refractivity contribution in [2.24, 2.45) is 13.0 Å². The number of carboxylic acid groups (broad SMARTS) is 1. The number of aromatic nitrogens is 3. The Morgan fingerprint density at radius 3 is 2.65 bits per heavy atom. The van der Waals surface area contributed by atoms with Crippen molar-refractivity contribution in [2.45, 2.75) is 27.2 Å². The van der Waals surface area contributed by atoms with Gasteiger partial charge in [-0.05, 0) is 47.4 Å². The molecule has 2 aromatic rings. The zero-order valence-corrected chi connectivity index (χ0v) is 15.6. The van der Waals surface area contributed by atoms with Gasteiger partial charge in [0.25, 0.3) is 0 Å². The molecule has 0 fully saturated rings. The van der Waals surface area contributed by atoms with Crippen LogP contribution in [0.2, 0.25) is 0 Å². The first-order valence-corrected chi connectivity index (χ1v) is 8.23. The molecule has 1 amide bonds. The number of carboxylic acids is 1. The van der Waals surface area contributed by atoms with Gasteiger partial charge in [0.15, 0.2) is 5.69 Å². The SMILES string of the molecule is Cc1c(I)cn(NC(=O)c2ncc(CC(C)C)n2C)c1C(=O)O. The summed E-state index contributed by atoms with van der Waals surface area (Å²) in [4.78, 5) is 27.9. The lowest BCUT2D eigenvalue weighted by Crippen LogP contribution is -2.28. The van der Waals surface area contributed by atoms with Gasteiger partial charge < -0.3 is 9.67 Å². The lowest BCUT2D eigenvalue weighted by molar-refractivity contribution is 0.0686. The third-order valence-corrected chi connectivity index (χ3v) is 4.61. The number of nitrogens with zero attached hydrogens (tertiary/aromatic N) is 3. The molecule has 124 valence electrons. The van der Waals surface area contributed by atoms with E-state index < -0.39 is 11.9 Å². The van der Waals surface area contributed by atoms with Crippen molar-refractivity contribution in [2.75, 3.05) is 5.43 Å². The van der Waals surface area contributed by atoms with E-state index in [0.717, 1.165) is 15.7 Å². The quantitative estimate of drug-likeness (QED) is 0.714. The molecule has 23 heavy (non-hydrogen) atoms. The van der Waals surface area contributed by atoms with Crippen LogP contribution in [0.15, 0.2) is 12.4 Å². The van der Waals surface area contributed by atoms with E-state index in [1.54, 1.807) is 30.9 Å². The molecule has 0 aliphatic heterocycles. The van der Waals surface area contributed by atoms with E-state index in [2.05, 4.69) is 24.3 Å². The van der Waals surface area contributed by atoms with E-state index in [9.17, 15) is 14.7 Å². The number of nitrogens with one attached hydrogen (secondary N) is 1. The second-order valence-corrected chi connectivity index (χ2v) is 6.96. The van der Waals surface area contributed by atoms with E-state index in [0.29, 0.717) is 11.5 Å². The van der Waals surface area contributed by atoms with Crippen molar-refractivity contribution in [3.05, 3.63) is 38.7 Å². The second-order valence-electron chi connectivity index (χ2n) is 5.80. The van der Waals surface area contributed by atoms with E-state index in [4.69, 9.17) is 0 Å². The molecule has 7 nitrogen and oxygen atoms in total. The van der Waals surface area contributed by atoms with Crippen LogP contribution in [0.3, 0.4) is 0 Å². The predicted octanol–water partition coefficient (Wildman–Crippen LogP) is 2.42. The van der Waals surface area contributed by atoms with Crippen LogP contribution in [0, 0.1) is 16.4 Å². The maximum Gasteiger partial charge on any atom is 0.354 e. The third-order valence-electron chi connectivity index (χ3n) is 3.53. The highest BCUT2D eigenvalue weighted by Gasteiger charge is 2.21. The number of carbonyl (C=O) groups is 2. The van der Waals surface area contributed by atoms with E-state index in [-0.39, 0.29) is 11.5 Å². The third kappa shape index (κ3) is 3.57. The van der Waals surface area contributed by atoms with Crippen molar-refractivity contribution in [1.82, 2.24) is 14.2 Å². The standard InChI is InChI=1S/C15H19IN4O3/c1-8(2)5-10-6-17-13(19(10)4)14(21)18-20-7-11(16)9(3)12(20)15(22)23/h6-8H,5H2,1-4H3,(H,18,21)(H,22,23). The van der Waals surface area contributed by atoms with Crippen molar-refractivity contribution >= 4 is 34.5 Å². The van der Waals surface area contributed by atoms with Gasteiger partial charge in [-0.15, -0.1) is 0 Å². The van der Waals surface area contributed by atoms with Crippen molar-refractivity contribution < 1.29 is 14.7 Å². The van der Waals surface area contributed by atoms with Crippen LogP contribution in [0.4, 0.5) is 0 Å². The normalized spacial score (nSPS) is 11.0. The number of halogens is 1. The Labute approximate surface area is 147 Å². The monoisotopic (exact) mass is 430 g/mol. The Morgan fingerprint density at radius 2 is 2.09 bits per heavy atom. The molecule has 2 rings (SSSR count).